The average molecular weight is 464 g/mol. The summed E-state index contributed by atoms with van der Waals surface area (Å²) in [5, 5.41) is 3.12. The molecule has 3 aliphatic heterocycles. The molecule has 3 aliphatic rings. The van der Waals surface area contributed by atoms with Crippen molar-refractivity contribution in [1.29, 1.82) is 0 Å². The van der Waals surface area contributed by atoms with Gasteiger partial charge in [-0.2, -0.15) is 0 Å². The minimum absolute atomic E-state index is 0.0207. The van der Waals surface area contributed by atoms with Crippen LogP contribution in [0.15, 0.2) is 54.6 Å². The van der Waals surface area contributed by atoms with Crippen LogP contribution in [0.4, 0.5) is 4.79 Å². The maximum Gasteiger partial charge on any atom is 0.320 e. The molecular formula is C27H33N3O4. The predicted molar refractivity (Wildman–Crippen MR) is 128 cm³/mol. The summed E-state index contributed by atoms with van der Waals surface area (Å²) in [6, 6.07) is 17.7. The third-order valence-electron chi connectivity index (χ3n) is 7.76. The van der Waals surface area contributed by atoms with E-state index in [0.717, 1.165) is 37.8 Å². The Morgan fingerprint density at radius 1 is 1.09 bits per heavy atom. The van der Waals surface area contributed by atoms with Crippen molar-refractivity contribution in [3.05, 3.63) is 71.3 Å². The SMILES string of the molecule is COC[C@](NC(=O)N1CCC[C@H]2C(=O)N3CCc4ccccc4[C@@H]3C[C@H]21)(OC)c1ccccc1. The first-order valence-corrected chi connectivity index (χ1v) is 12.1. The molecule has 2 fully saturated rings. The summed E-state index contributed by atoms with van der Waals surface area (Å²) in [5.41, 5.74) is 2.24. The van der Waals surface area contributed by atoms with Gasteiger partial charge in [0.05, 0.1) is 18.6 Å². The molecule has 3 amide bonds. The van der Waals surface area contributed by atoms with Crippen LogP contribution in [0.3, 0.4) is 0 Å². The number of nitrogens with zero attached hydrogens (tertiary/aromatic N) is 2. The third-order valence-corrected chi connectivity index (χ3v) is 7.76. The van der Waals surface area contributed by atoms with E-state index in [4.69, 9.17) is 9.47 Å². The van der Waals surface area contributed by atoms with E-state index >= 15 is 0 Å². The van der Waals surface area contributed by atoms with E-state index in [1.165, 1.54) is 11.1 Å². The van der Waals surface area contributed by atoms with Gasteiger partial charge < -0.3 is 24.6 Å². The van der Waals surface area contributed by atoms with Crippen LogP contribution in [-0.2, 0) is 26.4 Å². The number of hydrogen-bond donors (Lipinski definition) is 1. The highest BCUT2D eigenvalue weighted by atomic mass is 16.5. The van der Waals surface area contributed by atoms with Gasteiger partial charge in [-0.25, -0.2) is 4.79 Å². The van der Waals surface area contributed by atoms with E-state index in [1.54, 1.807) is 14.2 Å². The molecule has 0 unspecified atom stereocenters. The number of carbonyl (C=O) groups is 2. The van der Waals surface area contributed by atoms with Crippen LogP contribution in [0.1, 0.15) is 42.0 Å². The highest BCUT2D eigenvalue weighted by Crippen LogP contribution is 2.43. The highest BCUT2D eigenvalue weighted by Gasteiger charge is 2.49. The lowest BCUT2D eigenvalue weighted by Crippen LogP contribution is -2.63. The number of methoxy groups -OCH3 is 2. The normalized spacial score (nSPS) is 25.6. The fourth-order valence-corrected chi connectivity index (χ4v) is 6.07. The predicted octanol–water partition coefficient (Wildman–Crippen LogP) is 3.45. The number of piperidine rings is 2. The number of ether oxygens (including phenoxy) is 2. The van der Waals surface area contributed by atoms with Crippen molar-refractivity contribution in [3.63, 3.8) is 0 Å². The minimum atomic E-state index is -1.11. The second-order valence-electron chi connectivity index (χ2n) is 9.50. The number of nitrogens with one attached hydrogen (secondary N) is 1. The van der Waals surface area contributed by atoms with Crippen LogP contribution in [0.2, 0.25) is 0 Å². The molecule has 0 aliphatic carbocycles. The van der Waals surface area contributed by atoms with Crippen molar-refractivity contribution in [2.45, 2.75) is 43.5 Å². The van der Waals surface area contributed by atoms with Crippen LogP contribution >= 0.6 is 0 Å². The van der Waals surface area contributed by atoms with E-state index in [0.29, 0.717) is 6.54 Å². The van der Waals surface area contributed by atoms with Gasteiger partial charge in [0.25, 0.3) is 0 Å². The molecular weight excluding hydrogens is 430 g/mol. The molecule has 2 saturated heterocycles. The van der Waals surface area contributed by atoms with Gasteiger partial charge in [-0.3, -0.25) is 4.79 Å². The Kier molecular flexibility index (Phi) is 6.32. The molecule has 0 aromatic heterocycles. The van der Waals surface area contributed by atoms with Crippen LogP contribution in [0.5, 0.6) is 0 Å². The molecule has 34 heavy (non-hydrogen) atoms. The summed E-state index contributed by atoms with van der Waals surface area (Å²) in [4.78, 5) is 31.2. The molecule has 4 atom stereocenters. The quantitative estimate of drug-likeness (QED) is 0.690. The lowest BCUT2D eigenvalue weighted by Gasteiger charge is -2.52. The zero-order chi connectivity index (χ0) is 23.7. The summed E-state index contributed by atoms with van der Waals surface area (Å²) in [7, 11) is 3.17. The van der Waals surface area contributed by atoms with Crippen LogP contribution in [0.25, 0.3) is 0 Å². The van der Waals surface area contributed by atoms with Crippen LogP contribution < -0.4 is 5.32 Å². The average Bonchev–Trinajstić information content (AvgIpc) is 2.88. The van der Waals surface area contributed by atoms with Crippen molar-refractivity contribution in [2.24, 2.45) is 5.92 Å². The van der Waals surface area contributed by atoms with Gasteiger partial charge in [-0.15, -0.1) is 0 Å². The maximum atomic E-state index is 13.7. The molecule has 0 spiro atoms. The summed E-state index contributed by atoms with van der Waals surface area (Å²) in [5.74, 6) is 0.0308. The number of likely N-dealkylation sites (tertiary alicyclic amines) is 1. The van der Waals surface area contributed by atoms with Gasteiger partial charge in [0.1, 0.15) is 0 Å². The molecule has 3 heterocycles. The Bertz CT molecular complexity index is 1050. The Hall–Kier alpha value is -2.90. The summed E-state index contributed by atoms with van der Waals surface area (Å²) < 4.78 is 11.3. The lowest BCUT2D eigenvalue weighted by molar-refractivity contribution is -0.148. The first-order chi connectivity index (χ1) is 16.6. The first kappa shape index (κ1) is 22.9. The maximum absolute atomic E-state index is 13.7. The number of fused-ring (bicyclic) bond motifs is 4. The fourth-order valence-electron chi connectivity index (χ4n) is 6.07. The van der Waals surface area contributed by atoms with E-state index < -0.39 is 5.72 Å². The molecule has 0 saturated carbocycles. The van der Waals surface area contributed by atoms with Gasteiger partial charge >= 0.3 is 6.03 Å². The highest BCUT2D eigenvalue weighted by molar-refractivity contribution is 5.84. The summed E-state index contributed by atoms with van der Waals surface area (Å²) in [6.07, 6.45) is 3.29. The molecule has 7 nitrogen and oxygen atoms in total. The van der Waals surface area contributed by atoms with Gasteiger partial charge in [0.2, 0.25) is 5.91 Å². The second-order valence-corrected chi connectivity index (χ2v) is 9.50. The van der Waals surface area contributed by atoms with Gasteiger partial charge in [-0.1, -0.05) is 54.6 Å². The number of hydrogen-bond acceptors (Lipinski definition) is 4. The van der Waals surface area contributed by atoms with Gasteiger partial charge in [0.15, 0.2) is 5.72 Å². The van der Waals surface area contributed by atoms with E-state index in [-0.39, 0.29) is 36.5 Å². The first-order valence-electron chi connectivity index (χ1n) is 12.1. The standard InChI is InChI=1S/C27H33N3O4/c1-33-18-27(34-2,20-10-4-3-5-11-20)28-26(32)30-15-8-13-22-24(30)17-23-21-12-7-6-9-19(21)14-16-29(23)25(22)31/h3-7,9-12,22-24H,8,13-18H2,1-2H3,(H,28,32)/t22-,23+,24-,27+/m1/s1. The molecule has 1 N–H and O–H groups in total. The Morgan fingerprint density at radius 3 is 2.62 bits per heavy atom. The smallest absolute Gasteiger partial charge is 0.320 e. The van der Waals surface area contributed by atoms with E-state index in [2.05, 4.69) is 28.4 Å². The van der Waals surface area contributed by atoms with Crippen LogP contribution in [-0.4, -0.2) is 61.7 Å². The second kappa shape index (κ2) is 9.39. The van der Waals surface area contributed by atoms with Crippen molar-refractivity contribution in [3.8, 4) is 0 Å². The number of carbonyl (C=O) groups excluding carboxylic acids is 2. The number of urea groups is 1. The molecule has 2 aromatic carbocycles. The van der Waals surface area contributed by atoms with E-state index in [1.807, 2.05) is 41.3 Å². The third kappa shape index (κ3) is 3.87. The van der Waals surface area contributed by atoms with Gasteiger partial charge in [-0.05, 0) is 36.8 Å². The van der Waals surface area contributed by atoms with E-state index in [9.17, 15) is 9.59 Å². The number of benzene rings is 2. The molecule has 7 heteroatoms. The molecule has 2 aromatic rings. The Labute approximate surface area is 201 Å². The fraction of sp³-hybridized carbons (Fsp3) is 0.481. The van der Waals surface area contributed by atoms with Crippen molar-refractivity contribution >= 4 is 11.9 Å². The van der Waals surface area contributed by atoms with Crippen molar-refractivity contribution < 1.29 is 19.1 Å². The largest absolute Gasteiger partial charge is 0.379 e. The number of rotatable bonds is 5. The topological polar surface area (TPSA) is 71.1 Å². The minimum Gasteiger partial charge on any atom is -0.379 e. The zero-order valence-electron chi connectivity index (χ0n) is 19.9. The van der Waals surface area contributed by atoms with Crippen molar-refractivity contribution in [2.75, 3.05) is 33.9 Å². The molecule has 0 radical (unpaired) electrons. The number of amides is 3. The molecule has 5 rings (SSSR count). The van der Waals surface area contributed by atoms with Crippen molar-refractivity contribution in [1.82, 2.24) is 15.1 Å². The Morgan fingerprint density at radius 2 is 1.85 bits per heavy atom. The summed E-state index contributed by atoms with van der Waals surface area (Å²) >= 11 is 0. The Balaban J connectivity index is 1.43. The monoisotopic (exact) mass is 463 g/mol. The lowest BCUT2D eigenvalue weighted by atomic mass is 9.76. The zero-order valence-corrected chi connectivity index (χ0v) is 19.9. The molecule has 180 valence electrons. The molecule has 0 bridgehead atoms. The van der Waals surface area contributed by atoms with Crippen LogP contribution in [0, 0.1) is 5.92 Å². The summed E-state index contributed by atoms with van der Waals surface area (Å²) in [6.45, 7) is 1.55. The van der Waals surface area contributed by atoms with Gasteiger partial charge in [0, 0.05) is 38.9 Å².